The monoisotopic (exact) mass is 241 g/mol. The third kappa shape index (κ3) is 2.06. The number of nitrogens with zero attached hydrogens (tertiary/aromatic N) is 2. The Kier molecular flexibility index (Phi) is 2.92. The molecule has 0 radical (unpaired) electrons. The van der Waals surface area contributed by atoms with Crippen LogP contribution in [0.25, 0.3) is 10.9 Å². The lowest BCUT2D eigenvalue weighted by atomic mass is 10.1. The average Bonchev–Trinajstić information content (AvgIpc) is 2.75. The van der Waals surface area contributed by atoms with Gasteiger partial charge in [-0.15, -0.1) is 0 Å². The number of benzene rings is 1. The Morgan fingerprint density at radius 3 is 3.00 bits per heavy atom. The summed E-state index contributed by atoms with van der Waals surface area (Å²) in [7, 11) is 0. The molecular weight excluding hydrogens is 222 g/mol. The van der Waals surface area contributed by atoms with Gasteiger partial charge in [-0.05, 0) is 38.4 Å². The van der Waals surface area contributed by atoms with E-state index in [1.165, 1.54) is 19.4 Å². The number of nitrogens with two attached hydrogens (primary N) is 1. The molecule has 0 aliphatic carbocycles. The van der Waals surface area contributed by atoms with Crippen LogP contribution >= 0.6 is 0 Å². The number of para-hydroxylation sites is 1. The van der Waals surface area contributed by atoms with Gasteiger partial charge in [0.25, 0.3) is 0 Å². The van der Waals surface area contributed by atoms with Gasteiger partial charge in [-0.1, -0.05) is 18.2 Å². The van der Waals surface area contributed by atoms with Gasteiger partial charge in [-0.25, -0.2) is 0 Å². The molecule has 94 valence electrons. The normalized spacial score (nSPS) is 20.6. The van der Waals surface area contributed by atoms with E-state index in [1.54, 1.807) is 0 Å². The topological polar surface area (TPSA) is 42.1 Å². The highest BCUT2D eigenvalue weighted by Crippen LogP contribution is 2.23. The van der Waals surface area contributed by atoms with E-state index in [-0.39, 0.29) is 0 Å². The molecule has 0 spiro atoms. The van der Waals surface area contributed by atoms with Gasteiger partial charge in [0.15, 0.2) is 0 Å². The maximum Gasteiger partial charge on any atom is 0.0726 e. The summed E-state index contributed by atoms with van der Waals surface area (Å²) in [5.41, 5.74) is 9.03. The largest absolute Gasteiger partial charge is 0.398 e. The van der Waals surface area contributed by atoms with Crippen molar-refractivity contribution in [1.29, 1.82) is 0 Å². The van der Waals surface area contributed by atoms with Gasteiger partial charge in [-0.2, -0.15) is 0 Å². The third-order valence-corrected chi connectivity index (χ3v) is 3.86. The Hall–Kier alpha value is -1.61. The first-order valence-electron chi connectivity index (χ1n) is 6.62. The maximum atomic E-state index is 6.11. The molecule has 2 aromatic rings. The minimum atomic E-state index is 0.666. The first-order valence-corrected chi connectivity index (χ1v) is 6.62. The summed E-state index contributed by atoms with van der Waals surface area (Å²) in [6.07, 6.45) is 2.59. The van der Waals surface area contributed by atoms with Gasteiger partial charge in [0, 0.05) is 23.7 Å². The van der Waals surface area contributed by atoms with Crippen molar-refractivity contribution < 1.29 is 0 Å². The van der Waals surface area contributed by atoms with Crippen LogP contribution in [0, 0.1) is 0 Å². The number of anilines is 1. The van der Waals surface area contributed by atoms with Crippen LogP contribution in [-0.4, -0.2) is 22.5 Å². The van der Waals surface area contributed by atoms with Crippen LogP contribution in [-0.2, 0) is 6.54 Å². The summed E-state index contributed by atoms with van der Waals surface area (Å²) in [5.74, 6) is 0. The van der Waals surface area contributed by atoms with Crippen LogP contribution in [0.4, 0.5) is 5.69 Å². The van der Waals surface area contributed by atoms with Gasteiger partial charge in [0.05, 0.1) is 11.2 Å². The van der Waals surface area contributed by atoms with E-state index < -0.39 is 0 Å². The predicted octanol–water partition coefficient (Wildman–Crippen LogP) is 2.80. The molecule has 1 saturated heterocycles. The van der Waals surface area contributed by atoms with Crippen LogP contribution in [0.2, 0.25) is 0 Å². The number of pyridine rings is 1. The minimum absolute atomic E-state index is 0.666. The second-order valence-electron chi connectivity index (χ2n) is 5.18. The molecule has 0 saturated carbocycles. The molecule has 2 N–H and O–H groups in total. The van der Waals surface area contributed by atoms with Crippen molar-refractivity contribution in [3.63, 3.8) is 0 Å². The van der Waals surface area contributed by atoms with Gasteiger partial charge in [0.2, 0.25) is 0 Å². The molecular formula is C15H19N3. The Morgan fingerprint density at radius 1 is 1.39 bits per heavy atom. The number of aromatic nitrogens is 1. The van der Waals surface area contributed by atoms with Crippen molar-refractivity contribution >= 4 is 16.6 Å². The van der Waals surface area contributed by atoms with E-state index in [0.29, 0.717) is 6.04 Å². The molecule has 0 bridgehead atoms. The Bertz CT molecular complexity index is 565. The molecule has 1 atom stereocenters. The summed E-state index contributed by atoms with van der Waals surface area (Å²) < 4.78 is 0. The molecule has 1 aliphatic heterocycles. The third-order valence-electron chi connectivity index (χ3n) is 3.86. The fraction of sp³-hybridized carbons (Fsp3) is 0.400. The van der Waals surface area contributed by atoms with Crippen LogP contribution < -0.4 is 5.73 Å². The molecule has 1 aliphatic rings. The Morgan fingerprint density at radius 2 is 2.22 bits per heavy atom. The molecule has 18 heavy (non-hydrogen) atoms. The number of rotatable bonds is 2. The second kappa shape index (κ2) is 4.58. The highest BCUT2D eigenvalue weighted by molar-refractivity contribution is 5.90. The lowest BCUT2D eigenvalue weighted by Crippen LogP contribution is -2.26. The van der Waals surface area contributed by atoms with E-state index >= 15 is 0 Å². The van der Waals surface area contributed by atoms with Crippen molar-refractivity contribution in [2.24, 2.45) is 0 Å². The summed E-state index contributed by atoms with van der Waals surface area (Å²) in [5, 5.41) is 1.05. The summed E-state index contributed by atoms with van der Waals surface area (Å²) in [6.45, 7) is 4.38. The predicted molar refractivity (Wildman–Crippen MR) is 75.3 cm³/mol. The summed E-state index contributed by atoms with van der Waals surface area (Å²) in [4.78, 5) is 7.20. The van der Waals surface area contributed by atoms with E-state index in [2.05, 4.69) is 11.8 Å². The maximum absolute atomic E-state index is 6.11. The van der Waals surface area contributed by atoms with E-state index in [4.69, 9.17) is 10.7 Å². The van der Waals surface area contributed by atoms with Crippen molar-refractivity contribution in [1.82, 2.24) is 9.88 Å². The van der Waals surface area contributed by atoms with Gasteiger partial charge in [0.1, 0.15) is 0 Å². The molecule has 1 aromatic heterocycles. The minimum Gasteiger partial charge on any atom is -0.398 e. The molecule has 3 nitrogen and oxygen atoms in total. The van der Waals surface area contributed by atoms with E-state index in [0.717, 1.165) is 28.8 Å². The van der Waals surface area contributed by atoms with Gasteiger partial charge < -0.3 is 5.73 Å². The SMILES string of the molecule is CC1CCCN1Cc1cc(N)c2ccccc2n1. The standard InChI is InChI=1S/C15H19N3/c1-11-5-4-8-18(11)10-12-9-14(16)13-6-2-3-7-15(13)17-12/h2-3,6-7,9,11H,4-5,8,10H2,1H3,(H2,16,17). The van der Waals surface area contributed by atoms with Crippen LogP contribution in [0.5, 0.6) is 0 Å². The molecule has 3 heteroatoms. The second-order valence-corrected chi connectivity index (χ2v) is 5.18. The Balaban J connectivity index is 1.93. The zero-order valence-electron chi connectivity index (χ0n) is 10.8. The van der Waals surface area contributed by atoms with Gasteiger partial charge in [-0.3, -0.25) is 9.88 Å². The van der Waals surface area contributed by atoms with E-state index in [9.17, 15) is 0 Å². The molecule has 1 aromatic carbocycles. The van der Waals surface area contributed by atoms with Crippen molar-refractivity contribution in [3.8, 4) is 0 Å². The zero-order chi connectivity index (χ0) is 12.5. The zero-order valence-corrected chi connectivity index (χ0v) is 10.8. The van der Waals surface area contributed by atoms with Gasteiger partial charge >= 0.3 is 0 Å². The molecule has 1 unspecified atom stereocenters. The highest BCUT2D eigenvalue weighted by Gasteiger charge is 2.20. The lowest BCUT2D eigenvalue weighted by Gasteiger charge is -2.20. The molecule has 3 rings (SSSR count). The number of fused-ring (bicyclic) bond motifs is 1. The summed E-state index contributed by atoms with van der Waals surface area (Å²) in [6, 6.07) is 10.8. The fourth-order valence-electron chi connectivity index (χ4n) is 2.78. The number of hydrogen-bond acceptors (Lipinski definition) is 3. The first-order chi connectivity index (χ1) is 8.74. The summed E-state index contributed by atoms with van der Waals surface area (Å²) >= 11 is 0. The molecule has 2 heterocycles. The Labute approximate surface area is 108 Å². The number of nitrogen functional groups attached to an aromatic ring is 1. The van der Waals surface area contributed by atoms with Crippen LogP contribution in [0.15, 0.2) is 30.3 Å². The highest BCUT2D eigenvalue weighted by atomic mass is 15.2. The smallest absolute Gasteiger partial charge is 0.0726 e. The number of hydrogen-bond donors (Lipinski definition) is 1. The quantitative estimate of drug-likeness (QED) is 0.879. The fourth-order valence-corrected chi connectivity index (χ4v) is 2.78. The van der Waals surface area contributed by atoms with Crippen LogP contribution in [0.3, 0.4) is 0 Å². The van der Waals surface area contributed by atoms with Crippen molar-refractivity contribution in [3.05, 3.63) is 36.0 Å². The van der Waals surface area contributed by atoms with Crippen molar-refractivity contribution in [2.45, 2.75) is 32.4 Å². The average molecular weight is 241 g/mol. The first kappa shape index (κ1) is 11.5. The molecule has 0 amide bonds. The van der Waals surface area contributed by atoms with Crippen LogP contribution in [0.1, 0.15) is 25.5 Å². The van der Waals surface area contributed by atoms with E-state index in [1.807, 2.05) is 30.3 Å². The molecule has 1 fully saturated rings. The number of likely N-dealkylation sites (tertiary alicyclic amines) is 1. The van der Waals surface area contributed by atoms with Crippen molar-refractivity contribution in [2.75, 3.05) is 12.3 Å². The lowest BCUT2D eigenvalue weighted by molar-refractivity contribution is 0.257.